The molecule has 2 rings (SSSR count). The van der Waals surface area contributed by atoms with E-state index in [1.54, 1.807) is 0 Å². The van der Waals surface area contributed by atoms with Gasteiger partial charge in [0.05, 0.1) is 5.69 Å². The van der Waals surface area contributed by atoms with Crippen LogP contribution in [0.25, 0.3) is 11.3 Å². The molecular formula is C14H9F3N2O. The number of alkyl halides is 1. The van der Waals surface area contributed by atoms with Crippen molar-refractivity contribution in [3.05, 3.63) is 42.2 Å². The van der Waals surface area contributed by atoms with Crippen molar-refractivity contribution >= 4 is 0 Å². The third-order valence-electron chi connectivity index (χ3n) is 2.35. The standard InChI is InChI=1S/C14H9F3N2O/c15-6-1-2-7-20-13-8-12(18-9-19-13)10-4-3-5-11(16)14(10)17/h3-5,8-9H,6-7H2. The van der Waals surface area contributed by atoms with E-state index in [0.29, 0.717) is 0 Å². The predicted octanol–water partition coefficient (Wildman–Crippen LogP) is 2.77. The quantitative estimate of drug-likeness (QED) is 0.810. The van der Waals surface area contributed by atoms with Gasteiger partial charge in [-0.3, -0.25) is 0 Å². The number of hydrogen-bond donors (Lipinski definition) is 0. The lowest BCUT2D eigenvalue weighted by molar-refractivity contribution is 0.354. The first-order valence-electron chi connectivity index (χ1n) is 5.63. The van der Waals surface area contributed by atoms with Gasteiger partial charge in [-0.1, -0.05) is 17.9 Å². The van der Waals surface area contributed by atoms with E-state index in [1.807, 2.05) is 0 Å². The van der Waals surface area contributed by atoms with Crippen molar-refractivity contribution in [3.8, 4) is 29.0 Å². The van der Waals surface area contributed by atoms with Gasteiger partial charge < -0.3 is 4.74 Å². The lowest BCUT2D eigenvalue weighted by atomic mass is 10.1. The van der Waals surface area contributed by atoms with Crippen LogP contribution < -0.4 is 4.74 Å². The van der Waals surface area contributed by atoms with E-state index in [4.69, 9.17) is 4.74 Å². The van der Waals surface area contributed by atoms with Gasteiger partial charge in [-0.05, 0) is 12.1 Å². The first-order valence-corrected chi connectivity index (χ1v) is 5.63. The predicted molar refractivity (Wildman–Crippen MR) is 66.6 cm³/mol. The van der Waals surface area contributed by atoms with Crippen molar-refractivity contribution in [2.75, 3.05) is 13.3 Å². The van der Waals surface area contributed by atoms with Crippen LogP contribution in [0.15, 0.2) is 30.6 Å². The van der Waals surface area contributed by atoms with Crippen LogP contribution in [0.5, 0.6) is 5.88 Å². The lowest BCUT2D eigenvalue weighted by Gasteiger charge is -2.05. The third-order valence-corrected chi connectivity index (χ3v) is 2.35. The SMILES string of the molecule is FCC#CCOc1cc(-c2cccc(F)c2F)ncn1. The summed E-state index contributed by atoms with van der Waals surface area (Å²) in [5.41, 5.74) is 0.192. The van der Waals surface area contributed by atoms with Crippen LogP contribution in [0.1, 0.15) is 0 Å². The fraction of sp³-hybridized carbons (Fsp3) is 0.143. The Morgan fingerprint density at radius 3 is 2.80 bits per heavy atom. The Labute approximate surface area is 113 Å². The molecular weight excluding hydrogens is 269 g/mol. The monoisotopic (exact) mass is 278 g/mol. The van der Waals surface area contributed by atoms with Crippen molar-refractivity contribution < 1.29 is 17.9 Å². The molecule has 0 aliphatic carbocycles. The van der Waals surface area contributed by atoms with Gasteiger partial charge in [-0.25, -0.2) is 23.1 Å². The molecule has 1 heterocycles. The van der Waals surface area contributed by atoms with Gasteiger partial charge in [-0.2, -0.15) is 0 Å². The van der Waals surface area contributed by atoms with Gasteiger partial charge in [0.2, 0.25) is 5.88 Å². The summed E-state index contributed by atoms with van der Waals surface area (Å²) in [6.45, 7) is -0.807. The summed E-state index contributed by atoms with van der Waals surface area (Å²) in [6, 6.07) is 5.15. The first-order chi connectivity index (χ1) is 9.72. The van der Waals surface area contributed by atoms with Gasteiger partial charge in [0.15, 0.2) is 18.2 Å². The van der Waals surface area contributed by atoms with Gasteiger partial charge in [0, 0.05) is 11.6 Å². The number of halogens is 3. The Bertz CT molecular complexity index is 665. The van der Waals surface area contributed by atoms with Gasteiger partial charge in [0.1, 0.15) is 13.0 Å². The fourth-order valence-corrected chi connectivity index (χ4v) is 1.48. The zero-order chi connectivity index (χ0) is 14.4. The third kappa shape index (κ3) is 3.26. The summed E-state index contributed by atoms with van der Waals surface area (Å²) >= 11 is 0. The van der Waals surface area contributed by atoms with Crippen LogP contribution in [0.3, 0.4) is 0 Å². The molecule has 102 valence electrons. The van der Waals surface area contributed by atoms with Crippen LogP contribution >= 0.6 is 0 Å². The number of aromatic nitrogens is 2. The smallest absolute Gasteiger partial charge is 0.217 e. The van der Waals surface area contributed by atoms with E-state index in [-0.39, 0.29) is 23.7 Å². The lowest BCUT2D eigenvalue weighted by Crippen LogP contribution is -1.98. The van der Waals surface area contributed by atoms with E-state index in [2.05, 4.69) is 21.8 Å². The fourth-order valence-electron chi connectivity index (χ4n) is 1.48. The molecule has 0 atom stereocenters. The van der Waals surface area contributed by atoms with E-state index in [1.165, 1.54) is 18.2 Å². The van der Waals surface area contributed by atoms with Gasteiger partial charge in [0.25, 0.3) is 0 Å². The minimum absolute atomic E-state index is 0.00657. The van der Waals surface area contributed by atoms with Crippen molar-refractivity contribution in [3.63, 3.8) is 0 Å². The zero-order valence-corrected chi connectivity index (χ0v) is 10.2. The summed E-state index contributed by atoms with van der Waals surface area (Å²) in [5.74, 6) is 2.80. The number of rotatable bonds is 3. The maximum Gasteiger partial charge on any atom is 0.217 e. The normalized spacial score (nSPS) is 9.75. The molecule has 0 saturated carbocycles. The average molecular weight is 278 g/mol. The Morgan fingerprint density at radius 1 is 1.15 bits per heavy atom. The molecule has 0 amide bonds. The molecule has 0 unspecified atom stereocenters. The highest BCUT2D eigenvalue weighted by Crippen LogP contribution is 2.24. The largest absolute Gasteiger partial charge is 0.464 e. The molecule has 0 fully saturated rings. The average Bonchev–Trinajstić information content (AvgIpc) is 2.47. The Balaban J connectivity index is 2.23. The summed E-state index contributed by atoms with van der Waals surface area (Å²) in [5, 5.41) is 0. The molecule has 0 spiro atoms. The van der Waals surface area contributed by atoms with Crippen molar-refractivity contribution in [2.24, 2.45) is 0 Å². The van der Waals surface area contributed by atoms with Crippen LogP contribution in [0, 0.1) is 23.5 Å². The number of ether oxygens (including phenoxy) is 1. The van der Waals surface area contributed by atoms with Crippen LogP contribution in [0.2, 0.25) is 0 Å². The Hall–Kier alpha value is -2.55. The van der Waals surface area contributed by atoms with E-state index in [0.717, 1.165) is 12.4 Å². The second kappa shape index (κ2) is 6.57. The summed E-state index contributed by atoms with van der Waals surface area (Å²) < 4.78 is 43.7. The van der Waals surface area contributed by atoms with Crippen molar-refractivity contribution in [1.29, 1.82) is 0 Å². The summed E-state index contributed by atoms with van der Waals surface area (Å²) in [4.78, 5) is 7.67. The topological polar surface area (TPSA) is 35.0 Å². The molecule has 2 aromatic rings. The van der Waals surface area contributed by atoms with Crippen LogP contribution in [-0.4, -0.2) is 23.2 Å². The second-order valence-electron chi connectivity index (χ2n) is 3.62. The molecule has 0 bridgehead atoms. The van der Waals surface area contributed by atoms with Crippen LogP contribution in [-0.2, 0) is 0 Å². The Kier molecular flexibility index (Phi) is 4.56. The highest BCUT2D eigenvalue weighted by molar-refractivity contribution is 5.60. The first kappa shape index (κ1) is 13.9. The molecule has 20 heavy (non-hydrogen) atoms. The summed E-state index contributed by atoms with van der Waals surface area (Å²) in [6.07, 6.45) is 1.16. The highest BCUT2D eigenvalue weighted by atomic mass is 19.2. The number of hydrogen-bond acceptors (Lipinski definition) is 3. The molecule has 3 nitrogen and oxygen atoms in total. The van der Waals surface area contributed by atoms with Crippen molar-refractivity contribution in [2.45, 2.75) is 0 Å². The molecule has 0 aliphatic rings. The molecule has 0 saturated heterocycles. The Morgan fingerprint density at radius 2 is 2.00 bits per heavy atom. The molecule has 0 N–H and O–H groups in total. The maximum atomic E-state index is 13.6. The molecule has 6 heteroatoms. The van der Waals surface area contributed by atoms with Crippen molar-refractivity contribution in [1.82, 2.24) is 9.97 Å². The van der Waals surface area contributed by atoms with Gasteiger partial charge >= 0.3 is 0 Å². The molecule has 1 aromatic heterocycles. The summed E-state index contributed by atoms with van der Waals surface area (Å²) in [7, 11) is 0. The van der Waals surface area contributed by atoms with Gasteiger partial charge in [-0.15, -0.1) is 0 Å². The minimum Gasteiger partial charge on any atom is -0.464 e. The van der Waals surface area contributed by atoms with Crippen LogP contribution in [0.4, 0.5) is 13.2 Å². The van der Waals surface area contributed by atoms with E-state index < -0.39 is 18.3 Å². The number of nitrogens with zero attached hydrogens (tertiary/aromatic N) is 2. The maximum absolute atomic E-state index is 13.6. The molecule has 0 aliphatic heterocycles. The van der Waals surface area contributed by atoms with E-state index >= 15 is 0 Å². The highest BCUT2D eigenvalue weighted by Gasteiger charge is 2.11. The van der Waals surface area contributed by atoms with E-state index in [9.17, 15) is 13.2 Å². The number of benzene rings is 1. The minimum atomic E-state index is -0.991. The second-order valence-corrected chi connectivity index (χ2v) is 3.62. The molecule has 1 aromatic carbocycles. The zero-order valence-electron chi connectivity index (χ0n) is 10.2. The molecule has 0 radical (unpaired) electrons.